The average Bonchev–Trinajstić information content (AvgIpc) is 2.96. The summed E-state index contributed by atoms with van der Waals surface area (Å²) in [6.07, 6.45) is 9.08. The summed E-state index contributed by atoms with van der Waals surface area (Å²) in [5.41, 5.74) is 0. The zero-order chi connectivity index (χ0) is 17.1. The minimum absolute atomic E-state index is 0.0387. The maximum Gasteiger partial charge on any atom is 0.324 e. The summed E-state index contributed by atoms with van der Waals surface area (Å²) in [4.78, 5) is 32.0. The van der Waals surface area contributed by atoms with Crippen molar-refractivity contribution in [1.82, 2.24) is 9.88 Å². The Kier molecular flexibility index (Phi) is 5.54. The van der Waals surface area contributed by atoms with E-state index >= 15 is 0 Å². The summed E-state index contributed by atoms with van der Waals surface area (Å²) in [7, 11) is 0. The number of hydrogen-bond donors (Lipinski definition) is 1. The fourth-order valence-corrected chi connectivity index (χ4v) is 4.58. The van der Waals surface area contributed by atoms with Gasteiger partial charge in [0, 0.05) is 36.0 Å². The molecule has 2 aliphatic carbocycles. The highest BCUT2D eigenvalue weighted by Gasteiger charge is 2.35. The molecule has 0 radical (unpaired) electrons. The third kappa shape index (κ3) is 4.15. The number of hydrogen-bond acceptors (Lipinski definition) is 4. The van der Waals surface area contributed by atoms with E-state index in [0.717, 1.165) is 36.5 Å². The van der Waals surface area contributed by atoms with Crippen LogP contribution in [-0.2, 0) is 4.79 Å². The fraction of sp³-hybridized carbons (Fsp3) is 0.722. The monoisotopic (exact) mass is 349 g/mol. The summed E-state index contributed by atoms with van der Waals surface area (Å²) in [5, 5.41) is 3.65. The zero-order valence-corrected chi connectivity index (χ0v) is 15.4. The standard InChI is InChI=1S/C18H27N3O2S/c1-12-3-5-14(6-4-12)21(15-7-9-16(22)10-8-15)18(23)20-17-19-11-13(2)24-17/h11-12,14-15H,3-10H2,1-2H3,(H,19,20,23). The van der Waals surface area contributed by atoms with Crippen molar-refractivity contribution in [3.8, 4) is 0 Å². The van der Waals surface area contributed by atoms with Crippen molar-refractivity contribution in [3.05, 3.63) is 11.1 Å². The van der Waals surface area contributed by atoms with Gasteiger partial charge in [0.2, 0.25) is 0 Å². The van der Waals surface area contributed by atoms with E-state index in [-0.39, 0.29) is 12.1 Å². The molecule has 1 N–H and O–H groups in total. The number of thiazole rings is 1. The largest absolute Gasteiger partial charge is 0.324 e. The van der Waals surface area contributed by atoms with Gasteiger partial charge >= 0.3 is 6.03 Å². The van der Waals surface area contributed by atoms with Crippen molar-refractivity contribution in [1.29, 1.82) is 0 Å². The predicted molar refractivity (Wildman–Crippen MR) is 96.4 cm³/mol. The number of carbonyl (C=O) groups excluding carboxylic acids is 2. The molecule has 0 saturated heterocycles. The molecule has 5 nitrogen and oxygen atoms in total. The summed E-state index contributed by atoms with van der Waals surface area (Å²) in [6.45, 7) is 4.28. The van der Waals surface area contributed by atoms with Crippen LogP contribution in [0.15, 0.2) is 6.20 Å². The number of nitrogens with one attached hydrogen (secondary N) is 1. The third-order valence-electron chi connectivity index (χ3n) is 5.35. The van der Waals surface area contributed by atoms with E-state index in [1.54, 1.807) is 6.20 Å². The molecule has 0 bridgehead atoms. The van der Waals surface area contributed by atoms with Gasteiger partial charge in [-0.3, -0.25) is 10.1 Å². The summed E-state index contributed by atoms with van der Waals surface area (Å²) < 4.78 is 0. The van der Waals surface area contributed by atoms with Crippen molar-refractivity contribution < 1.29 is 9.59 Å². The molecule has 2 fully saturated rings. The molecule has 2 aliphatic rings. The SMILES string of the molecule is Cc1cnc(NC(=O)N(C2CCC(=O)CC2)C2CCC(C)CC2)s1. The number of rotatable bonds is 3. The molecule has 24 heavy (non-hydrogen) atoms. The number of anilines is 1. The van der Waals surface area contributed by atoms with E-state index in [2.05, 4.69) is 22.1 Å². The third-order valence-corrected chi connectivity index (χ3v) is 6.18. The fourth-order valence-electron chi connectivity index (χ4n) is 3.92. The van der Waals surface area contributed by atoms with E-state index in [1.165, 1.54) is 24.2 Å². The molecule has 6 heteroatoms. The van der Waals surface area contributed by atoms with Gasteiger partial charge in [0.15, 0.2) is 5.13 Å². The maximum absolute atomic E-state index is 13.0. The molecule has 0 aromatic carbocycles. The lowest BCUT2D eigenvalue weighted by atomic mass is 9.84. The van der Waals surface area contributed by atoms with Crippen LogP contribution in [0.1, 0.15) is 63.2 Å². The molecular weight excluding hydrogens is 322 g/mol. The van der Waals surface area contributed by atoms with Gasteiger partial charge < -0.3 is 4.90 Å². The number of amides is 2. The Balaban J connectivity index is 1.73. The number of nitrogens with zero attached hydrogens (tertiary/aromatic N) is 2. The van der Waals surface area contributed by atoms with Gasteiger partial charge in [0.1, 0.15) is 5.78 Å². The molecule has 2 saturated carbocycles. The Labute approximate surface area is 147 Å². The Morgan fingerprint density at radius 1 is 1.17 bits per heavy atom. The Bertz CT molecular complexity index is 583. The van der Waals surface area contributed by atoms with Gasteiger partial charge in [-0.15, -0.1) is 11.3 Å². The van der Waals surface area contributed by atoms with Crippen LogP contribution < -0.4 is 5.32 Å². The number of urea groups is 1. The van der Waals surface area contributed by atoms with E-state index in [4.69, 9.17) is 0 Å². The highest BCUT2D eigenvalue weighted by Crippen LogP contribution is 2.32. The molecule has 1 aromatic heterocycles. The van der Waals surface area contributed by atoms with Crippen LogP contribution in [-0.4, -0.2) is 33.8 Å². The lowest BCUT2D eigenvalue weighted by molar-refractivity contribution is -0.121. The highest BCUT2D eigenvalue weighted by molar-refractivity contribution is 7.15. The van der Waals surface area contributed by atoms with Crippen LogP contribution in [0.3, 0.4) is 0 Å². The van der Waals surface area contributed by atoms with Crippen LogP contribution in [0.4, 0.5) is 9.93 Å². The Hall–Kier alpha value is -1.43. The normalized spacial score (nSPS) is 25.5. The second-order valence-corrected chi connectivity index (χ2v) is 8.53. The molecule has 0 spiro atoms. The van der Waals surface area contributed by atoms with Gasteiger partial charge in [-0.1, -0.05) is 6.92 Å². The molecular formula is C18H27N3O2S. The molecule has 0 atom stereocenters. The molecule has 132 valence electrons. The maximum atomic E-state index is 13.0. The number of aromatic nitrogens is 1. The van der Waals surface area contributed by atoms with Crippen molar-refractivity contribution in [3.63, 3.8) is 0 Å². The second-order valence-electron chi connectivity index (χ2n) is 7.30. The first-order chi connectivity index (χ1) is 11.5. The first-order valence-electron chi connectivity index (χ1n) is 9.06. The number of aryl methyl sites for hydroxylation is 1. The molecule has 3 rings (SSSR count). The summed E-state index contributed by atoms with van der Waals surface area (Å²) in [6, 6.07) is 0.436. The predicted octanol–water partition coefficient (Wildman–Crippen LogP) is 4.38. The van der Waals surface area contributed by atoms with E-state index in [0.29, 0.717) is 29.8 Å². The Morgan fingerprint density at radius 3 is 2.38 bits per heavy atom. The minimum Gasteiger partial charge on any atom is -0.318 e. The second kappa shape index (κ2) is 7.64. The first kappa shape index (κ1) is 17.4. The van der Waals surface area contributed by atoms with Gasteiger partial charge in [-0.2, -0.15) is 0 Å². The van der Waals surface area contributed by atoms with E-state index < -0.39 is 0 Å². The lowest BCUT2D eigenvalue weighted by Gasteiger charge is -2.42. The van der Waals surface area contributed by atoms with Crippen molar-refractivity contribution in [2.75, 3.05) is 5.32 Å². The van der Waals surface area contributed by atoms with Crippen LogP contribution in [0, 0.1) is 12.8 Å². The van der Waals surface area contributed by atoms with Crippen LogP contribution in [0.5, 0.6) is 0 Å². The summed E-state index contributed by atoms with van der Waals surface area (Å²) in [5.74, 6) is 1.08. The molecule has 1 aromatic rings. The van der Waals surface area contributed by atoms with Crippen LogP contribution in [0.25, 0.3) is 0 Å². The number of ketones is 1. The highest BCUT2D eigenvalue weighted by atomic mass is 32.1. The molecule has 0 unspecified atom stereocenters. The summed E-state index contributed by atoms with van der Waals surface area (Å²) >= 11 is 1.50. The van der Waals surface area contributed by atoms with Gasteiger partial charge in [0.05, 0.1) is 0 Å². The number of Topliss-reactive ketones (excluding diaryl/α,β-unsaturated/α-hetero) is 1. The lowest BCUT2D eigenvalue weighted by Crippen LogP contribution is -2.51. The van der Waals surface area contributed by atoms with Crippen molar-refractivity contribution in [2.45, 2.75) is 77.3 Å². The first-order valence-corrected chi connectivity index (χ1v) is 9.88. The quantitative estimate of drug-likeness (QED) is 0.881. The Morgan fingerprint density at radius 2 is 1.79 bits per heavy atom. The van der Waals surface area contributed by atoms with Gasteiger partial charge in [-0.25, -0.2) is 9.78 Å². The smallest absolute Gasteiger partial charge is 0.318 e. The van der Waals surface area contributed by atoms with Gasteiger partial charge in [-0.05, 0) is 51.4 Å². The van der Waals surface area contributed by atoms with Crippen LogP contribution in [0.2, 0.25) is 0 Å². The van der Waals surface area contributed by atoms with Crippen molar-refractivity contribution >= 4 is 28.3 Å². The molecule has 0 aliphatic heterocycles. The van der Waals surface area contributed by atoms with Crippen molar-refractivity contribution in [2.24, 2.45) is 5.92 Å². The number of carbonyl (C=O) groups is 2. The molecule has 1 heterocycles. The van der Waals surface area contributed by atoms with E-state index in [9.17, 15) is 9.59 Å². The minimum atomic E-state index is -0.0387. The van der Waals surface area contributed by atoms with Crippen LogP contribution >= 0.6 is 11.3 Å². The molecule has 2 amide bonds. The topological polar surface area (TPSA) is 62.3 Å². The average molecular weight is 350 g/mol. The van der Waals surface area contributed by atoms with E-state index in [1.807, 2.05) is 6.92 Å². The van der Waals surface area contributed by atoms with Gasteiger partial charge in [0.25, 0.3) is 0 Å². The zero-order valence-electron chi connectivity index (χ0n) is 14.6.